The van der Waals surface area contributed by atoms with Crippen molar-refractivity contribution in [2.24, 2.45) is 5.73 Å². The molecular formula is C17H22N2O. The molecule has 0 spiro atoms. The molecule has 0 saturated heterocycles. The maximum absolute atomic E-state index is 12.4. The molecule has 2 aliphatic rings. The summed E-state index contributed by atoms with van der Waals surface area (Å²) < 4.78 is 0. The first-order valence-electron chi connectivity index (χ1n) is 7.49. The van der Waals surface area contributed by atoms with Crippen LogP contribution in [-0.2, 0) is 11.2 Å². The number of fused-ring (bicyclic) bond motifs is 1. The molecule has 3 nitrogen and oxygen atoms in total. The lowest BCUT2D eigenvalue weighted by Gasteiger charge is -2.27. The number of aryl methyl sites for hydroxylation is 1. The molecule has 0 bridgehead atoms. The molecule has 1 saturated carbocycles. The highest BCUT2D eigenvalue weighted by atomic mass is 16.1. The molecule has 3 rings (SSSR count). The van der Waals surface area contributed by atoms with Gasteiger partial charge in [-0.15, -0.1) is 0 Å². The van der Waals surface area contributed by atoms with Gasteiger partial charge >= 0.3 is 0 Å². The number of hydrogen-bond acceptors (Lipinski definition) is 2. The standard InChI is InChI=1S/C17H22N2O/c1-11-3-2-4-12-9-13(10-16(11)12)17(20)19-15-7-5-14(18)6-8-15/h2-4,9,14-15H,5-8,10,18H2,1H3,(H,19,20). The number of carbonyl (C=O) groups is 1. The third kappa shape index (κ3) is 2.63. The van der Waals surface area contributed by atoms with Crippen LogP contribution in [0, 0.1) is 6.92 Å². The molecule has 20 heavy (non-hydrogen) atoms. The number of carbonyl (C=O) groups excluding carboxylic acids is 1. The first-order valence-corrected chi connectivity index (χ1v) is 7.49. The maximum Gasteiger partial charge on any atom is 0.247 e. The molecule has 1 aromatic carbocycles. The van der Waals surface area contributed by atoms with Crippen molar-refractivity contribution in [2.75, 3.05) is 0 Å². The van der Waals surface area contributed by atoms with Crippen molar-refractivity contribution in [3.05, 3.63) is 40.5 Å². The van der Waals surface area contributed by atoms with Crippen molar-refractivity contribution < 1.29 is 4.79 Å². The van der Waals surface area contributed by atoms with Gasteiger partial charge < -0.3 is 11.1 Å². The van der Waals surface area contributed by atoms with E-state index in [4.69, 9.17) is 5.73 Å². The Morgan fingerprint density at radius 3 is 2.70 bits per heavy atom. The van der Waals surface area contributed by atoms with Crippen molar-refractivity contribution in [3.63, 3.8) is 0 Å². The van der Waals surface area contributed by atoms with Crippen LogP contribution in [-0.4, -0.2) is 18.0 Å². The van der Waals surface area contributed by atoms with E-state index in [0.29, 0.717) is 12.1 Å². The van der Waals surface area contributed by atoms with E-state index < -0.39 is 0 Å². The minimum absolute atomic E-state index is 0.0982. The normalized spacial score (nSPS) is 25.0. The van der Waals surface area contributed by atoms with Crippen LogP contribution in [0.2, 0.25) is 0 Å². The molecule has 1 aromatic rings. The highest BCUT2D eigenvalue weighted by Gasteiger charge is 2.24. The number of nitrogens with two attached hydrogens (primary N) is 1. The number of amides is 1. The summed E-state index contributed by atoms with van der Waals surface area (Å²) >= 11 is 0. The van der Waals surface area contributed by atoms with Gasteiger partial charge in [0.25, 0.3) is 0 Å². The highest BCUT2D eigenvalue weighted by Crippen LogP contribution is 2.28. The molecular weight excluding hydrogens is 248 g/mol. The van der Waals surface area contributed by atoms with Gasteiger partial charge in [0.15, 0.2) is 0 Å². The van der Waals surface area contributed by atoms with Crippen LogP contribution in [0.15, 0.2) is 23.8 Å². The van der Waals surface area contributed by atoms with Crippen molar-refractivity contribution >= 4 is 12.0 Å². The zero-order valence-electron chi connectivity index (χ0n) is 12.0. The molecule has 106 valence electrons. The van der Waals surface area contributed by atoms with E-state index in [9.17, 15) is 4.79 Å². The molecule has 3 heteroatoms. The second kappa shape index (κ2) is 5.41. The maximum atomic E-state index is 12.4. The van der Waals surface area contributed by atoms with E-state index in [1.54, 1.807) is 0 Å². The minimum Gasteiger partial charge on any atom is -0.350 e. The Labute approximate surface area is 120 Å². The lowest BCUT2D eigenvalue weighted by molar-refractivity contribution is -0.118. The third-order valence-corrected chi connectivity index (χ3v) is 4.54. The number of rotatable bonds is 2. The average molecular weight is 270 g/mol. The Morgan fingerprint density at radius 2 is 2.00 bits per heavy atom. The number of benzene rings is 1. The van der Waals surface area contributed by atoms with Gasteiger partial charge in [0.1, 0.15) is 0 Å². The van der Waals surface area contributed by atoms with Crippen LogP contribution >= 0.6 is 0 Å². The van der Waals surface area contributed by atoms with Gasteiger partial charge in [-0.05, 0) is 55.4 Å². The molecule has 0 aromatic heterocycles. The molecule has 0 atom stereocenters. The fourth-order valence-electron chi connectivity index (χ4n) is 3.22. The smallest absolute Gasteiger partial charge is 0.247 e. The van der Waals surface area contributed by atoms with E-state index in [1.165, 1.54) is 16.7 Å². The molecule has 1 amide bonds. The monoisotopic (exact) mass is 270 g/mol. The molecule has 2 aliphatic carbocycles. The summed E-state index contributed by atoms with van der Waals surface area (Å²) in [6, 6.07) is 6.86. The second-order valence-electron chi connectivity index (χ2n) is 6.07. The largest absolute Gasteiger partial charge is 0.350 e. The van der Waals surface area contributed by atoms with Crippen LogP contribution in [0.3, 0.4) is 0 Å². The Balaban J connectivity index is 1.64. The van der Waals surface area contributed by atoms with Gasteiger partial charge in [0, 0.05) is 24.1 Å². The fourth-order valence-corrected chi connectivity index (χ4v) is 3.22. The molecule has 0 radical (unpaired) electrons. The van der Waals surface area contributed by atoms with Gasteiger partial charge in [0.2, 0.25) is 5.91 Å². The van der Waals surface area contributed by atoms with Gasteiger partial charge in [-0.3, -0.25) is 4.79 Å². The topological polar surface area (TPSA) is 55.1 Å². The molecule has 1 fully saturated rings. The van der Waals surface area contributed by atoms with E-state index in [0.717, 1.165) is 37.7 Å². The summed E-state index contributed by atoms with van der Waals surface area (Å²) in [4.78, 5) is 12.4. The van der Waals surface area contributed by atoms with Crippen molar-refractivity contribution in [1.29, 1.82) is 0 Å². The second-order valence-corrected chi connectivity index (χ2v) is 6.07. The third-order valence-electron chi connectivity index (χ3n) is 4.54. The summed E-state index contributed by atoms with van der Waals surface area (Å²) in [6.07, 6.45) is 6.84. The summed E-state index contributed by atoms with van der Waals surface area (Å²) in [5, 5.41) is 3.17. The molecule has 0 heterocycles. The van der Waals surface area contributed by atoms with Crippen LogP contribution in [0.4, 0.5) is 0 Å². The van der Waals surface area contributed by atoms with Crippen LogP contribution in [0.5, 0.6) is 0 Å². The van der Waals surface area contributed by atoms with Crippen molar-refractivity contribution in [2.45, 2.75) is 51.1 Å². The number of hydrogen-bond donors (Lipinski definition) is 2. The Bertz CT molecular complexity index is 554. The van der Waals surface area contributed by atoms with Gasteiger partial charge in [0.05, 0.1) is 0 Å². The van der Waals surface area contributed by atoms with Crippen molar-refractivity contribution in [1.82, 2.24) is 5.32 Å². The first kappa shape index (κ1) is 13.4. The summed E-state index contributed by atoms with van der Waals surface area (Å²) in [5.41, 5.74) is 10.6. The zero-order chi connectivity index (χ0) is 14.1. The number of nitrogens with one attached hydrogen (secondary N) is 1. The Hall–Kier alpha value is -1.61. The fraction of sp³-hybridized carbons (Fsp3) is 0.471. The lowest BCUT2D eigenvalue weighted by Crippen LogP contribution is -2.41. The predicted octanol–water partition coefficient (Wildman–Crippen LogP) is 2.32. The Kier molecular flexibility index (Phi) is 3.62. The van der Waals surface area contributed by atoms with Crippen LogP contribution in [0.1, 0.15) is 42.4 Å². The average Bonchev–Trinajstić information content (AvgIpc) is 2.87. The molecule has 0 aliphatic heterocycles. The molecule has 0 unspecified atom stereocenters. The molecule has 3 N–H and O–H groups in total. The van der Waals surface area contributed by atoms with Crippen molar-refractivity contribution in [3.8, 4) is 0 Å². The van der Waals surface area contributed by atoms with E-state index >= 15 is 0 Å². The van der Waals surface area contributed by atoms with Gasteiger partial charge in [-0.25, -0.2) is 0 Å². The lowest BCUT2D eigenvalue weighted by atomic mass is 9.91. The quantitative estimate of drug-likeness (QED) is 0.866. The SMILES string of the molecule is Cc1cccc2c1CC(C(=O)NC1CCC(N)CC1)=C2. The van der Waals surface area contributed by atoms with E-state index in [-0.39, 0.29) is 5.91 Å². The Morgan fingerprint density at radius 1 is 1.25 bits per heavy atom. The van der Waals surface area contributed by atoms with E-state index in [2.05, 4.69) is 24.4 Å². The minimum atomic E-state index is 0.0982. The van der Waals surface area contributed by atoms with Crippen LogP contribution in [0.25, 0.3) is 6.08 Å². The van der Waals surface area contributed by atoms with Crippen LogP contribution < -0.4 is 11.1 Å². The predicted molar refractivity (Wildman–Crippen MR) is 81.2 cm³/mol. The summed E-state index contributed by atoms with van der Waals surface area (Å²) in [7, 11) is 0. The van der Waals surface area contributed by atoms with Gasteiger partial charge in [-0.1, -0.05) is 18.2 Å². The van der Waals surface area contributed by atoms with E-state index in [1.807, 2.05) is 12.1 Å². The zero-order valence-corrected chi connectivity index (χ0v) is 12.0. The van der Waals surface area contributed by atoms with Gasteiger partial charge in [-0.2, -0.15) is 0 Å². The summed E-state index contributed by atoms with van der Waals surface area (Å²) in [5.74, 6) is 0.0982. The first-order chi connectivity index (χ1) is 9.63. The highest BCUT2D eigenvalue weighted by molar-refractivity contribution is 6.00. The summed E-state index contributed by atoms with van der Waals surface area (Å²) in [6.45, 7) is 2.11.